The molecule has 1 heterocycles. The summed E-state index contributed by atoms with van der Waals surface area (Å²) >= 11 is 1.62. The molecule has 0 aliphatic rings. The predicted octanol–water partition coefficient (Wildman–Crippen LogP) is 0.520. The van der Waals surface area contributed by atoms with Gasteiger partial charge >= 0.3 is 0 Å². The molecule has 4 N–H and O–H groups in total. The van der Waals surface area contributed by atoms with Crippen LogP contribution in [-0.4, -0.2) is 17.5 Å². The number of guanidine groups is 1. The molecule has 0 amide bonds. The molecule has 0 bridgehead atoms. The first-order valence-electron chi connectivity index (χ1n) is 3.65. The molecule has 1 unspecified atom stereocenters. The maximum Gasteiger partial charge on any atom is 0.185 e. The van der Waals surface area contributed by atoms with Crippen molar-refractivity contribution < 1.29 is 0 Å². The monoisotopic (exact) mass is 184 g/mol. The van der Waals surface area contributed by atoms with Crippen molar-refractivity contribution in [1.29, 1.82) is 0 Å². The number of aliphatic imine (C=N–C) groups is 1. The Morgan fingerprint density at radius 2 is 2.50 bits per heavy atom. The van der Waals surface area contributed by atoms with Gasteiger partial charge in [0.2, 0.25) is 0 Å². The van der Waals surface area contributed by atoms with Crippen LogP contribution in [0.2, 0.25) is 0 Å². The second-order valence-electron chi connectivity index (χ2n) is 2.54. The summed E-state index contributed by atoms with van der Waals surface area (Å²) in [5, 5.41) is 3.02. The Morgan fingerprint density at radius 3 is 3.00 bits per heavy atom. The van der Waals surface area contributed by atoms with E-state index in [9.17, 15) is 0 Å². The summed E-state index contributed by atoms with van der Waals surface area (Å²) in [6, 6.07) is 0. The molecule has 0 fully saturated rings. The Labute approximate surface area is 75.3 Å². The number of nitrogens with two attached hydrogens (primary N) is 2. The maximum absolute atomic E-state index is 5.20. The van der Waals surface area contributed by atoms with Gasteiger partial charge in [0.1, 0.15) is 0 Å². The number of rotatable bonds is 3. The van der Waals surface area contributed by atoms with E-state index in [1.807, 2.05) is 12.3 Å². The van der Waals surface area contributed by atoms with Gasteiger partial charge in [0.05, 0.1) is 11.6 Å². The smallest absolute Gasteiger partial charge is 0.185 e. The molecule has 1 atom stereocenters. The second-order valence-corrected chi connectivity index (χ2v) is 3.46. The lowest BCUT2D eigenvalue weighted by molar-refractivity contribution is 0.765. The summed E-state index contributed by atoms with van der Waals surface area (Å²) < 4.78 is 0. The van der Waals surface area contributed by atoms with Crippen LogP contribution in [0, 0.1) is 0 Å². The second kappa shape index (κ2) is 4.06. The van der Waals surface area contributed by atoms with Crippen molar-refractivity contribution >= 4 is 17.3 Å². The fraction of sp³-hybridized carbons (Fsp3) is 0.429. The lowest BCUT2D eigenvalue weighted by Gasteiger charge is -2.03. The van der Waals surface area contributed by atoms with Crippen molar-refractivity contribution in [2.24, 2.45) is 16.5 Å². The van der Waals surface area contributed by atoms with E-state index in [0.29, 0.717) is 12.5 Å². The predicted molar refractivity (Wildman–Crippen MR) is 51.2 cm³/mol. The minimum absolute atomic E-state index is 0.137. The van der Waals surface area contributed by atoms with Crippen LogP contribution in [0.25, 0.3) is 0 Å². The zero-order valence-corrected chi connectivity index (χ0v) is 7.71. The third kappa shape index (κ3) is 2.50. The third-order valence-electron chi connectivity index (χ3n) is 1.42. The molecular formula is C7H12N4S. The topological polar surface area (TPSA) is 77.3 Å². The highest BCUT2D eigenvalue weighted by molar-refractivity contribution is 7.09. The summed E-state index contributed by atoms with van der Waals surface area (Å²) in [5.41, 5.74) is 10.4. The molecule has 0 aliphatic carbocycles. The van der Waals surface area contributed by atoms with Gasteiger partial charge in [-0.15, -0.1) is 11.3 Å². The van der Waals surface area contributed by atoms with Gasteiger partial charge in [-0.1, -0.05) is 6.92 Å². The van der Waals surface area contributed by atoms with Gasteiger partial charge in [0.25, 0.3) is 0 Å². The van der Waals surface area contributed by atoms with Crippen molar-refractivity contribution in [2.45, 2.75) is 12.8 Å². The summed E-state index contributed by atoms with van der Waals surface area (Å²) in [7, 11) is 0. The SMILES string of the molecule is CC(CN=C(N)N)c1nccs1. The van der Waals surface area contributed by atoms with Crippen molar-refractivity contribution in [3.63, 3.8) is 0 Å². The molecule has 0 aliphatic heterocycles. The Balaban J connectivity index is 2.50. The van der Waals surface area contributed by atoms with Gasteiger partial charge in [-0.25, -0.2) is 4.98 Å². The Bertz CT molecular complexity index is 250. The number of thiazole rings is 1. The van der Waals surface area contributed by atoms with Crippen LogP contribution in [0.5, 0.6) is 0 Å². The Morgan fingerprint density at radius 1 is 1.75 bits per heavy atom. The van der Waals surface area contributed by atoms with Crippen LogP contribution >= 0.6 is 11.3 Å². The van der Waals surface area contributed by atoms with Crippen LogP contribution in [0.1, 0.15) is 17.8 Å². The highest BCUT2D eigenvalue weighted by Gasteiger charge is 2.06. The van der Waals surface area contributed by atoms with Crippen molar-refractivity contribution in [3.05, 3.63) is 16.6 Å². The Hall–Kier alpha value is -1.10. The average molecular weight is 184 g/mol. The van der Waals surface area contributed by atoms with E-state index in [0.717, 1.165) is 5.01 Å². The summed E-state index contributed by atoms with van der Waals surface area (Å²) in [6.07, 6.45) is 1.78. The van der Waals surface area contributed by atoms with Crippen LogP contribution in [-0.2, 0) is 0 Å². The number of hydrogen-bond donors (Lipinski definition) is 2. The van der Waals surface area contributed by atoms with E-state index in [2.05, 4.69) is 9.98 Å². The van der Waals surface area contributed by atoms with Gasteiger partial charge in [0, 0.05) is 17.5 Å². The molecule has 5 heteroatoms. The fourth-order valence-electron chi connectivity index (χ4n) is 0.798. The molecule has 1 aromatic heterocycles. The molecule has 0 spiro atoms. The molecule has 1 aromatic rings. The average Bonchev–Trinajstić information content (AvgIpc) is 2.51. The lowest BCUT2D eigenvalue weighted by atomic mass is 10.2. The highest BCUT2D eigenvalue weighted by Crippen LogP contribution is 2.17. The zero-order chi connectivity index (χ0) is 8.97. The summed E-state index contributed by atoms with van der Waals surface area (Å²) in [4.78, 5) is 8.08. The van der Waals surface area contributed by atoms with Gasteiger partial charge in [-0.3, -0.25) is 4.99 Å². The first-order chi connectivity index (χ1) is 5.70. The van der Waals surface area contributed by atoms with Gasteiger partial charge in [-0.2, -0.15) is 0 Å². The molecule has 4 nitrogen and oxygen atoms in total. The van der Waals surface area contributed by atoms with Gasteiger partial charge in [-0.05, 0) is 0 Å². The molecule has 0 saturated heterocycles. The molecule has 0 radical (unpaired) electrons. The normalized spacial score (nSPS) is 12.4. The molecule has 66 valence electrons. The van der Waals surface area contributed by atoms with E-state index >= 15 is 0 Å². The van der Waals surface area contributed by atoms with Crippen LogP contribution < -0.4 is 11.5 Å². The van der Waals surface area contributed by atoms with Crippen molar-refractivity contribution in [3.8, 4) is 0 Å². The first kappa shape index (κ1) is 8.99. The van der Waals surface area contributed by atoms with Crippen molar-refractivity contribution in [2.75, 3.05) is 6.54 Å². The first-order valence-corrected chi connectivity index (χ1v) is 4.53. The quantitative estimate of drug-likeness (QED) is 0.531. The van der Waals surface area contributed by atoms with E-state index in [-0.39, 0.29) is 5.96 Å². The third-order valence-corrected chi connectivity index (χ3v) is 2.43. The lowest BCUT2D eigenvalue weighted by Crippen LogP contribution is -2.23. The Kier molecular flexibility index (Phi) is 3.04. The molecule has 0 saturated carbocycles. The highest BCUT2D eigenvalue weighted by atomic mass is 32.1. The van der Waals surface area contributed by atoms with E-state index in [1.54, 1.807) is 17.5 Å². The summed E-state index contributed by atoms with van der Waals surface area (Å²) in [6.45, 7) is 2.65. The summed E-state index contributed by atoms with van der Waals surface area (Å²) in [5.74, 6) is 0.436. The van der Waals surface area contributed by atoms with E-state index < -0.39 is 0 Å². The van der Waals surface area contributed by atoms with Gasteiger partial charge < -0.3 is 11.5 Å². The maximum atomic E-state index is 5.20. The molecular weight excluding hydrogens is 172 g/mol. The fourth-order valence-corrected chi connectivity index (χ4v) is 1.49. The molecule has 12 heavy (non-hydrogen) atoms. The minimum atomic E-state index is 0.137. The minimum Gasteiger partial charge on any atom is -0.370 e. The number of aromatic nitrogens is 1. The zero-order valence-electron chi connectivity index (χ0n) is 6.90. The molecule has 1 rings (SSSR count). The number of hydrogen-bond acceptors (Lipinski definition) is 3. The number of nitrogens with zero attached hydrogens (tertiary/aromatic N) is 2. The van der Waals surface area contributed by atoms with E-state index in [4.69, 9.17) is 11.5 Å². The van der Waals surface area contributed by atoms with Crippen molar-refractivity contribution in [1.82, 2.24) is 4.98 Å². The van der Waals surface area contributed by atoms with Gasteiger partial charge in [0.15, 0.2) is 5.96 Å². The standard InChI is InChI=1S/C7H12N4S/c1-5(4-11-7(8)9)6-10-2-3-12-6/h2-3,5H,4H2,1H3,(H4,8,9,11). The van der Waals surface area contributed by atoms with Crippen LogP contribution in [0.4, 0.5) is 0 Å². The van der Waals surface area contributed by atoms with E-state index in [1.165, 1.54) is 0 Å². The molecule has 0 aromatic carbocycles. The largest absolute Gasteiger partial charge is 0.370 e. The van der Waals surface area contributed by atoms with Crippen LogP contribution in [0.3, 0.4) is 0 Å². The van der Waals surface area contributed by atoms with Crippen LogP contribution in [0.15, 0.2) is 16.6 Å².